The van der Waals surface area contributed by atoms with Crippen LogP contribution in [0.1, 0.15) is 47.9 Å². The van der Waals surface area contributed by atoms with Crippen LogP contribution in [0, 0.1) is 11.8 Å². The van der Waals surface area contributed by atoms with Gasteiger partial charge >= 0.3 is 0 Å². The fourth-order valence-electron chi connectivity index (χ4n) is 3.37. The largest absolute Gasteiger partial charge is 0.355 e. The Morgan fingerprint density at radius 1 is 1.00 bits per heavy atom. The van der Waals surface area contributed by atoms with Crippen LogP contribution in [0.15, 0.2) is 24.3 Å². The van der Waals surface area contributed by atoms with E-state index in [0.29, 0.717) is 43.2 Å². The highest BCUT2D eigenvalue weighted by Gasteiger charge is 2.27. The second-order valence-corrected chi connectivity index (χ2v) is 7.31. The summed E-state index contributed by atoms with van der Waals surface area (Å²) in [7, 11) is 1.56. The summed E-state index contributed by atoms with van der Waals surface area (Å²) in [4.78, 5) is 40.6. The first-order valence-electron chi connectivity index (χ1n) is 9.23. The van der Waals surface area contributed by atoms with Crippen molar-refractivity contribution in [1.29, 1.82) is 0 Å². The van der Waals surface area contributed by atoms with E-state index in [0.717, 1.165) is 6.42 Å². The summed E-state index contributed by atoms with van der Waals surface area (Å²) in [6, 6.07) is 6.73. The molecular weight excluding hydrogens is 330 g/mol. The Morgan fingerprint density at radius 2 is 1.58 bits per heavy atom. The quantitative estimate of drug-likeness (QED) is 0.874. The third kappa shape index (κ3) is 4.84. The number of carbonyl (C=O) groups excluding carboxylic acids is 3. The maximum Gasteiger partial charge on any atom is 0.253 e. The predicted molar refractivity (Wildman–Crippen MR) is 101 cm³/mol. The van der Waals surface area contributed by atoms with Crippen molar-refractivity contribution in [1.82, 2.24) is 15.1 Å². The van der Waals surface area contributed by atoms with Crippen LogP contribution in [0.25, 0.3) is 0 Å². The molecule has 1 fully saturated rings. The van der Waals surface area contributed by atoms with E-state index in [1.54, 1.807) is 36.2 Å². The lowest BCUT2D eigenvalue weighted by Gasteiger charge is -2.36. The van der Waals surface area contributed by atoms with Gasteiger partial charge in [-0.25, -0.2) is 0 Å². The number of piperazine rings is 1. The zero-order chi connectivity index (χ0) is 19.3. The first-order valence-corrected chi connectivity index (χ1v) is 9.23. The molecule has 6 nitrogen and oxygen atoms in total. The Balaban J connectivity index is 1.96. The normalized spacial score (nSPS) is 15.7. The van der Waals surface area contributed by atoms with Crippen molar-refractivity contribution in [3.63, 3.8) is 0 Å². The summed E-state index contributed by atoms with van der Waals surface area (Å²) >= 11 is 0. The highest BCUT2D eigenvalue weighted by atomic mass is 16.2. The van der Waals surface area contributed by atoms with Crippen molar-refractivity contribution in [2.24, 2.45) is 11.8 Å². The van der Waals surface area contributed by atoms with E-state index in [-0.39, 0.29) is 23.6 Å². The zero-order valence-electron chi connectivity index (χ0n) is 16.1. The second-order valence-electron chi connectivity index (χ2n) is 7.31. The molecule has 1 atom stereocenters. The molecule has 1 aliphatic heterocycles. The molecule has 1 aliphatic rings. The van der Waals surface area contributed by atoms with Crippen LogP contribution in [0.2, 0.25) is 0 Å². The standard InChI is InChI=1S/C20H29N3O3/c1-14(2)12-15(3)19(25)22-8-10-23(11-9-22)20(26)17-7-5-6-16(13-17)18(24)21-4/h5-7,13-15H,8-12H2,1-4H3,(H,21,24). The molecule has 1 aromatic carbocycles. The molecular formula is C20H29N3O3. The van der Waals surface area contributed by atoms with Crippen LogP contribution < -0.4 is 5.32 Å². The van der Waals surface area contributed by atoms with Crippen molar-refractivity contribution in [2.75, 3.05) is 33.2 Å². The van der Waals surface area contributed by atoms with E-state index in [4.69, 9.17) is 0 Å². The van der Waals surface area contributed by atoms with E-state index < -0.39 is 0 Å². The van der Waals surface area contributed by atoms with Crippen molar-refractivity contribution < 1.29 is 14.4 Å². The number of hydrogen-bond acceptors (Lipinski definition) is 3. The van der Waals surface area contributed by atoms with Gasteiger partial charge in [-0.15, -0.1) is 0 Å². The molecule has 0 bridgehead atoms. The van der Waals surface area contributed by atoms with Gasteiger partial charge in [0, 0.05) is 50.3 Å². The molecule has 6 heteroatoms. The molecule has 1 unspecified atom stereocenters. The van der Waals surface area contributed by atoms with Gasteiger partial charge in [-0.2, -0.15) is 0 Å². The van der Waals surface area contributed by atoms with Crippen LogP contribution in [0.5, 0.6) is 0 Å². The summed E-state index contributed by atoms with van der Waals surface area (Å²) in [5, 5.41) is 2.56. The minimum absolute atomic E-state index is 0.0153. The highest BCUT2D eigenvalue weighted by molar-refractivity contribution is 5.99. The number of nitrogens with one attached hydrogen (secondary N) is 1. The number of nitrogens with zero attached hydrogens (tertiary/aromatic N) is 2. The van der Waals surface area contributed by atoms with Crippen LogP contribution in [0.4, 0.5) is 0 Å². The van der Waals surface area contributed by atoms with Gasteiger partial charge in [0.2, 0.25) is 5.91 Å². The van der Waals surface area contributed by atoms with Crippen LogP contribution in [0.3, 0.4) is 0 Å². The molecule has 0 spiro atoms. The average Bonchev–Trinajstić information content (AvgIpc) is 2.65. The Hall–Kier alpha value is -2.37. The smallest absolute Gasteiger partial charge is 0.253 e. The molecule has 0 saturated carbocycles. The van der Waals surface area contributed by atoms with Gasteiger partial charge in [0.25, 0.3) is 11.8 Å². The molecule has 0 aliphatic carbocycles. The lowest BCUT2D eigenvalue weighted by atomic mass is 9.97. The van der Waals surface area contributed by atoms with Gasteiger partial charge < -0.3 is 15.1 Å². The number of carbonyl (C=O) groups is 3. The molecule has 2 rings (SSSR count). The van der Waals surface area contributed by atoms with Gasteiger partial charge in [0.1, 0.15) is 0 Å². The molecule has 0 radical (unpaired) electrons. The van der Waals surface area contributed by atoms with Crippen LogP contribution >= 0.6 is 0 Å². The average molecular weight is 359 g/mol. The van der Waals surface area contributed by atoms with Gasteiger partial charge in [0.15, 0.2) is 0 Å². The SMILES string of the molecule is CNC(=O)c1cccc(C(=O)N2CCN(C(=O)C(C)CC(C)C)CC2)c1. The maximum atomic E-state index is 12.7. The molecule has 1 saturated heterocycles. The van der Waals surface area contributed by atoms with Gasteiger partial charge in [-0.3, -0.25) is 14.4 Å². The summed E-state index contributed by atoms with van der Waals surface area (Å²) < 4.78 is 0. The Bertz CT molecular complexity index is 664. The van der Waals surface area contributed by atoms with Gasteiger partial charge in [-0.1, -0.05) is 26.8 Å². The first-order chi connectivity index (χ1) is 12.3. The molecule has 1 aromatic rings. The zero-order valence-corrected chi connectivity index (χ0v) is 16.1. The Kier molecular flexibility index (Phi) is 6.77. The predicted octanol–water partition coefficient (Wildman–Crippen LogP) is 2.01. The molecule has 142 valence electrons. The molecule has 1 N–H and O–H groups in total. The third-order valence-electron chi connectivity index (χ3n) is 4.72. The van der Waals surface area contributed by atoms with Gasteiger partial charge in [0.05, 0.1) is 0 Å². The van der Waals surface area contributed by atoms with Crippen LogP contribution in [-0.4, -0.2) is 60.7 Å². The lowest BCUT2D eigenvalue weighted by molar-refractivity contribution is -0.137. The summed E-state index contributed by atoms with van der Waals surface area (Å²) in [5.74, 6) is 0.366. The van der Waals surface area contributed by atoms with E-state index in [2.05, 4.69) is 19.2 Å². The van der Waals surface area contributed by atoms with Gasteiger partial charge in [-0.05, 0) is 30.5 Å². The summed E-state index contributed by atoms with van der Waals surface area (Å²) in [6.45, 7) is 8.36. The molecule has 26 heavy (non-hydrogen) atoms. The van der Waals surface area contributed by atoms with Crippen molar-refractivity contribution in [2.45, 2.75) is 27.2 Å². The molecule has 3 amide bonds. The number of benzene rings is 1. The van der Waals surface area contributed by atoms with E-state index in [9.17, 15) is 14.4 Å². The maximum absolute atomic E-state index is 12.7. The monoisotopic (exact) mass is 359 g/mol. The van der Waals surface area contributed by atoms with Crippen molar-refractivity contribution in [3.05, 3.63) is 35.4 Å². The number of hydrogen-bond donors (Lipinski definition) is 1. The first kappa shape index (κ1) is 19.9. The fraction of sp³-hybridized carbons (Fsp3) is 0.550. The van der Waals surface area contributed by atoms with Crippen molar-refractivity contribution in [3.8, 4) is 0 Å². The fourth-order valence-corrected chi connectivity index (χ4v) is 3.37. The molecule has 0 aromatic heterocycles. The van der Waals surface area contributed by atoms with E-state index in [1.165, 1.54) is 0 Å². The summed E-state index contributed by atoms with van der Waals surface area (Å²) in [6.07, 6.45) is 0.879. The second kappa shape index (κ2) is 8.83. The van der Waals surface area contributed by atoms with E-state index in [1.807, 2.05) is 11.8 Å². The minimum atomic E-state index is -0.214. The number of rotatable bonds is 5. The number of amides is 3. The highest BCUT2D eigenvalue weighted by Crippen LogP contribution is 2.16. The minimum Gasteiger partial charge on any atom is -0.355 e. The summed E-state index contributed by atoms with van der Waals surface area (Å²) in [5.41, 5.74) is 0.966. The topological polar surface area (TPSA) is 69.7 Å². The lowest BCUT2D eigenvalue weighted by Crippen LogP contribution is -2.51. The Labute approximate surface area is 155 Å². The Morgan fingerprint density at radius 3 is 2.15 bits per heavy atom. The van der Waals surface area contributed by atoms with Crippen molar-refractivity contribution >= 4 is 17.7 Å². The van der Waals surface area contributed by atoms with Crippen LogP contribution in [-0.2, 0) is 4.79 Å². The third-order valence-corrected chi connectivity index (χ3v) is 4.72. The van der Waals surface area contributed by atoms with E-state index >= 15 is 0 Å². The molecule has 1 heterocycles.